The second kappa shape index (κ2) is 10.0. The second-order valence-electron chi connectivity index (χ2n) is 7.41. The zero-order chi connectivity index (χ0) is 23.4. The van der Waals surface area contributed by atoms with Crippen molar-refractivity contribution in [2.24, 2.45) is 0 Å². The number of nitrogens with zero attached hydrogens (tertiary/aromatic N) is 1. The van der Waals surface area contributed by atoms with Crippen molar-refractivity contribution in [2.45, 2.75) is 23.1 Å². The molecule has 0 saturated carbocycles. The Morgan fingerprint density at radius 3 is 2.61 bits per heavy atom. The summed E-state index contributed by atoms with van der Waals surface area (Å²) in [6.45, 7) is -0.252. The number of esters is 1. The third-order valence-electron chi connectivity index (χ3n) is 5.29. The summed E-state index contributed by atoms with van der Waals surface area (Å²) in [7, 11) is -3.78. The summed E-state index contributed by atoms with van der Waals surface area (Å²) in [6, 6.07) is 16.7. The van der Waals surface area contributed by atoms with Crippen LogP contribution in [0.15, 0.2) is 70.3 Å². The Morgan fingerprint density at radius 1 is 1.09 bits per heavy atom. The Labute approximate surface area is 201 Å². The lowest BCUT2D eigenvalue weighted by molar-refractivity contribution is -0.148. The number of amides is 1. The number of anilines is 1. The number of carbonyl (C=O) groups is 2. The Bertz CT molecular complexity index is 1260. The van der Waals surface area contributed by atoms with Crippen LogP contribution >= 0.6 is 22.9 Å². The van der Waals surface area contributed by atoms with E-state index in [-0.39, 0.29) is 17.2 Å². The van der Waals surface area contributed by atoms with E-state index >= 15 is 0 Å². The number of fused-ring (bicyclic) bond motifs is 1. The van der Waals surface area contributed by atoms with E-state index in [2.05, 4.69) is 5.32 Å². The van der Waals surface area contributed by atoms with Gasteiger partial charge in [-0.15, -0.1) is 11.3 Å². The number of benzene rings is 2. The van der Waals surface area contributed by atoms with E-state index in [9.17, 15) is 18.0 Å². The smallest absolute Gasteiger partial charge is 0.308 e. The fourth-order valence-corrected chi connectivity index (χ4v) is 6.67. The van der Waals surface area contributed by atoms with Crippen LogP contribution in [-0.2, 0) is 30.8 Å². The summed E-state index contributed by atoms with van der Waals surface area (Å²) in [5.41, 5.74) is 2.17. The molecule has 4 rings (SSSR count). The van der Waals surface area contributed by atoms with Gasteiger partial charge < -0.3 is 10.1 Å². The minimum absolute atomic E-state index is 0.207. The first-order chi connectivity index (χ1) is 15.9. The van der Waals surface area contributed by atoms with Crippen molar-refractivity contribution in [2.75, 3.05) is 18.5 Å². The summed E-state index contributed by atoms with van der Waals surface area (Å²) in [5.74, 6) is -1.21. The molecular formula is C23H21ClN2O5S2. The third-order valence-corrected chi connectivity index (χ3v) is 8.90. The van der Waals surface area contributed by atoms with Crippen molar-refractivity contribution in [3.05, 3.63) is 82.2 Å². The number of rotatable bonds is 7. The number of ether oxygens (including phenoxy) is 1. The number of para-hydroxylation sites is 1. The average molecular weight is 505 g/mol. The molecule has 0 fully saturated rings. The number of halogens is 1. The molecule has 7 nitrogen and oxygen atoms in total. The molecule has 0 unspecified atom stereocenters. The van der Waals surface area contributed by atoms with Crippen LogP contribution < -0.4 is 5.32 Å². The Kier molecular flexibility index (Phi) is 7.14. The van der Waals surface area contributed by atoms with Gasteiger partial charge in [-0.25, -0.2) is 8.42 Å². The second-order valence-corrected chi connectivity index (χ2v) is 10.9. The van der Waals surface area contributed by atoms with Crippen LogP contribution in [0.5, 0.6) is 0 Å². The molecule has 0 saturated heterocycles. The van der Waals surface area contributed by atoms with E-state index in [0.717, 1.165) is 22.5 Å². The van der Waals surface area contributed by atoms with Gasteiger partial charge in [-0.1, -0.05) is 54.1 Å². The summed E-state index contributed by atoms with van der Waals surface area (Å²) < 4.78 is 33.3. The van der Waals surface area contributed by atoms with Crippen LogP contribution in [0, 0.1) is 0 Å². The molecule has 1 aliphatic rings. The van der Waals surface area contributed by atoms with Gasteiger partial charge in [-0.2, -0.15) is 4.31 Å². The molecule has 0 bridgehead atoms. The largest absolute Gasteiger partial charge is 0.456 e. The maximum absolute atomic E-state index is 13.3. The van der Waals surface area contributed by atoms with Gasteiger partial charge >= 0.3 is 5.97 Å². The van der Waals surface area contributed by atoms with Crippen LogP contribution in [0.2, 0.25) is 5.02 Å². The van der Waals surface area contributed by atoms with Crippen LogP contribution in [0.1, 0.15) is 23.6 Å². The van der Waals surface area contributed by atoms with E-state index < -0.39 is 34.5 Å². The highest BCUT2D eigenvalue weighted by molar-refractivity contribution is 7.91. The summed E-state index contributed by atoms with van der Waals surface area (Å²) >= 11 is 7.16. The molecular weight excluding hydrogens is 484 g/mol. The first kappa shape index (κ1) is 23.4. The highest BCUT2D eigenvalue weighted by Crippen LogP contribution is 2.37. The van der Waals surface area contributed by atoms with Gasteiger partial charge in [0.1, 0.15) is 4.21 Å². The fourth-order valence-electron chi connectivity index (χ4n) is 3.77. The first-order valence-electron chi connectivity index (χ1n) is 10.2. The predicted octanol–water partition coefficient (Wildman–Crippen LogP) is 4.26. The number of sulfonamides is 1. The average Bonchev–Trinajstić information content (AvgIpc) is 3.35. The zero-order valence-corrected chi connectivity index (χ0v) is 19.8. The van der Waals surface area contributed by atoms with Crippen molar-refractivity contribution >= 4 is 50.5 Å². The third kappa shape index (κ3) is 5.27. The standard InChI is InChI=1S/C23H21ClN2O5S2/c24-18-8-3-4-9-19(18)25-21(27)15-31-22(28)14-20-17-7-2-1-6-16(17)11-12-26(20)33(29,30)23-10-5-13-32-23/h1-10,13,20H,11-12,14-15H2,(H,25,27)/t20-/m1/s1. The van der Waals surface area contributed by atoms with E-state index in [4.69, 9.17) is 16.3 Å². The molecule has 0 radical (unpaired) electrons. The lowest BCUT2D eigenvalue weighted by Gasteiger charge is -2.35. The monoisotopic (exact) mass is 504 g/mol. The van der Waals surface area contributed by atoms with E-state index in [1.54, 1.807) is 41.8 Å². The molecule has 1 aliphatic heterocycles. The molecule has 0 aliphatic carbocycles. The van der Waals surface area contributed by atoms with Crippen LogP contribution in [0.4, 0.5) is 5.69 Å². The Balaban J connectivity index is 1.48. The topological polar surface area (TPSA) is 92.8 Å². The highest BCUT2D eigenvalue weighted by atomic mass is 35.5. The molecule has 2 aromatic carbocycles. The minimum Gasteiger partial charge on any atom is -0.456 e. The Hall–Kier alpha value is -2.72. The van der Waals surface area contributed by atoms with Crippen LogP contribution in [-0.4, -0.2) is 37.8 Å². The molecule has 1 atom stereocenters. The lowest BCUT2D eigenvalue weighted by Crippen LogP contribution is -2.41. The molecule has 1 N–H and O–H groups in total. The number of hydrogen-bond donors (Lipinski definition) is 1. The van der Waals surface area contributed by atoms with Gasteiger partial charge in [0.05, 0.1) is 23.2 Å². The van der Waals surface area contributed by atoms with Gasteiger partial charge in [0, 0.05) is 6.54 Å². The first-order valence-corrected chi connectivity index (χ1v) is 12.9. The van der Waals surface area contributed by atoms with E-state index in [1.165, 1.54) is 4.31 Å². The van der Waals surface area contributed by atoms with Gasteiger partial charge in [-0.05, 0) is 41.1 Å². The molecule has 1 amide bonds. The zero-order valence-electron chi connectivity index (χ0n) is 17.4. The van der Waals surface area contributed by atoms with Crippen LogP contribution in [0.3, 0.4) is 0 Å². The molecule has 33 heavy (non-hydrogen) atoms. The SMILES string of the molecule is O=C(COC(=O)C[C@@H]1c2ccccc2CCN1S(=O)(=O)c1cccs1)Nc1ccccc1Cl. The molecule has 1 aromatic heterocycles. The summed E-state index contributed by atoms with van der Waals surface area (Å²) in [5, 5.41) is 4.65. The fraction of sp³-hybridized carbons (Fsp3) is 0.217. The normalized spacial score (nSPS) is 16.1. The molecule has 172 valence electrons. The maximum atomic E-state index is 13.3. The predicted molar refractivity (Wildman–Crippen MR) is 127 cm³/mol. The lowest BCUT2D eigenvalue weighted by atomic mass is 9.92. The number of carbonyl (C=O) groups excluding carboxylic acids is 2. The molecule has 3 aromatic rings. The summed E-state index contributed by atoms with van der Waals surface area (Å²) in [4.78, 5) is 24.8. The highest BCUT2D eigenvalue weighted by Gasteiger charge is 2.38. The van der Waals surface area contributed by atoms with Gasteiger partial charge in [-0.3, -0.25) is 9.59 Å². The molecule has 2 heterocycles. The molecule has 0 spiro atoms. The molecule has 10 heteroatoms. The number of hydrogen-bond acceptors (Lipinski definition) is 6. The maximum Gasteiger partial charge on any atom is 0.308 e. The Morgan fingerprint density at radius 2 is 1.85 bits per heavy atom. The number of thiophene rings is 1. The van der Waals surface area contributed by atoms with Crippen molar-refractivity contribution in [3.63, 3.8) is 0 Å². The van der Waals surface area contributed by atoms with E-state index in [0.29, 0.717) is 17.1 Å². The van der Waals surface area contributed by atoms with Gasteiger partial charge in [0.2, 0.25) is 0 Å². The van der Waals surface area contributed by atoms with Gasteiger partial charge in [0.25, 0.3) is 15.9 Å². The quantitative estimate of drug-likeness (QED) is 0.485. The van der Waals surface area contributed by atoms with Crippen molar-refractivity contribution < 1.29 is 22.7 Å². The number of nitrogens with one attached hydrogen (secondary N) is 1. The van der Waals surface area contributed by atoms with Crippen molar-refractivity contribution in [1.29, 1.82) is 0 Å². The minimum atomic E-state index is -3.78. The van der Waals surface area contributed by atoms with E-state index in [1.807, 2.05) is 24.3 Å². The van der Waals surface area contributed by atoms with Crippen molar-refractivity contribution in [1.82, 2.24) is 4.31 Å². The van der Waals surface area contributed by atoms with Crippen molar-refractivity contribution in [3.8, 4) is 0 Å². The van der Waals surface area contributed by atoms with Gasteiger partial charge in [0.15, 0.2) is 6.61 Å². The summed E-state index contributed by atoms with van der Waals surface area (Å²) in [6.07, 6.45) is 0.341. The van der Waals surface area contributed by atoms with Crippen LogP contribution in [0.25, 0.3) is 0 Å².